The normalized spacial score (nSPS) is 13.3. The van der Waals surface area contributed by atoms with Crippen LogP contribution in [0.3, 0.4) is 0 Å². The fourth-order valence-corrected chi connectivity index (χ4v) is 2.07. The van der Waals surface area contributed by atoms with E-state index in [9.17, 15) is 4.79 Å². The minimum Gasteiger partial charge on any atom is -0.370 e. The van der Waals surface area contributed by atoms with E-state index < -0.39 is 0 Å². The Morgan fingerprint density at radius 3 is 2.16 bits per heavy atom. The van der Waals surface area contributed by atoms with Gasteiger partial charge in [0.05, 0.1) is 0 Å². The maximum Gasteiger partial charge on any atom is 0.191 e. The lowest BCUT2D eigenvalue weighted by Crippen LogP contribution is -2.24. The van der Waals surface area contributed by atoms with Gasteiger partial charge in [-0.05, 0) is 24.3 Å². The van der Waals surface area contributed by atoms with Gasteiger partial charge < -0.3 is 4.74 Å². The van der Waals surface area contributed by atoms with Gasteiger partial charge in [0.15, 0.2) is 5.78 Å². The highest BCUT2D eigenvalue weighted by molar-refractivity contribution is 5.99. The number of hydrogen-bond donors (Lipinski definition) is 0. The molecule has 0 fully saturated rings. The lowest BCUT2D eigenvalue weighted by atomic mass is 9.86. The summed E-state index contributed by atoms with van der Waals surface area (Å²) in [5.41, 5.74) is 2.11. The van der Waals surface area contributed by atoms with Crippen molar-refractivity contribution in [1.82, 2.24) is 0 Å². The number of carbonyl (C=O) groups is 1. The Balaban J connectivity index is 2.87. The highest BCUT2D eigenvalue weighted by Crippen LogP contribution is 2.23. The molecule has 106 valence electrons. The van der Waals surface area contributed by atoms with Crippen molar-refractivity contribution in [3.05, 3.63) is 35.4 Å². The van der Waals surface area contributed by atoms with Crippen molar-refractivity contribution in [2.24, 2.45) is 0 Å². The lowest BCUT2D eigenvalue weighted by molar-refractivity contribution is 0.0423. The zero-order chi connectivity index (χ0) is 14.5. The van der Waals surface area contributed by atoms with Crippen LogP contribution in [0.15, 0.2) is 24.3 Å². The van der Waals surface area contributed by atoms with E-state index in [1.54, 1.807) is 0 Å². The molecule has 1 atom stereocenters. The van der Waals surface area contributed by atoms with E-state index in [1.807, 2.05) is 31.2 Å². The van der Waals surface area contributed by atoms with Gasteiger partial charge >= 0.3 is 0 Å². The standard InChI is InChI=1S/C17H26O2/c1-6-8-15(19-7-2)16(18)13-9-11-14(12-10-13)17(3,4)5/h9-12,15H,6-8H2,1-5H3. The zero-order valence-corrected chi connectivity index (χ0v) is 12.8. The van der Waals surface area contributed by atoms with Gasteiger partial charge in [-0.25, -0.2) is 0 Å². The second-order valence-electron chi connectivity index (χ2n) is 5.92. The summed E-state index contributed by atoms with van der Waals surface area (Å²) in [6, 6.07) is 7.93. The molecule has 0 amide bonds. The maximum atomic E-state index is 12.4. The summed E-state index contributed by atoms with van der Waals surface area (Å²) in [4.78, 5) is 12.4. The molecule has 19 heavy (non-hydrogen) atoms. The predicted octanol–water partition coefficient (Wildman–Crippen LogP) is 4.37. The van der Waals surface area contributed by atoms with Crippen LogP contribution >= 0.6 is 0 Å². The van der Waals surface area contributed by atoms with E-state index in [0.29, 0.717) is 6.61 Å². The largest absolute Gasteiger partial charge is 0.370 e. The molecule has 1 aromatic rings. The summed E-state index contributed by atoms with van der Waals surface area (Å²) >= 11 is 0. The van der Waals surface area contributed by atoms with E-state index in [-0.39, 0.29) is 17.3 Å². The third-order valence-electron chi connectivity index (χ3n) is 3.25. The van der Waals surface area contributed by atoms with Crippen molar-refractivity contribution in [2.45, 2.75) is 59.0 Å². The Morgan fingerprint density at radius 2 is 1.74 bits per heavy atom. The fraction of sp³-hybridized carbons (Fsp3) is 0.588. The zero-order valence-electron chi connectivity index (χ0n) is 12.8. The van der Waals surface area contributed by atoms with Crippen LogP contribution < -0.4 is 0 Å². The smallest absolute Gasteiger partial charge is 0.191 e. The Labute approximate surface area is 117 Å². The van der Waals surface area contributed by atoms with E-state index >= 15 is 0 Å². The Hall–Kier alpha value is -1.15. The number of hydrogen-bond acceptors (Lipinski definition) is 2. The molecular weight excluding hydrogens is 236 g/mol. The van der Waals surface area contributed by atoms with Crippen molar-refractivity contribution >= 4 is 5.78 Å². The number of carbonyl (C=O) groups excluding carboxylic acids is 1. The summed E-state index contributed by atoms with van der Waals surface area (Å²) in [6.45, 7) is 11.1. The van der Waals surface area contributed by atoms with Crippen molar-refractivity contribution in [3.8, 4) is 0 Å². The molecule has 2 nitrogen and oxygen atoms in total. The summed E-state index contributed by atoms with van der Waals surface area (Å²) in [7, 11) is 0. The van der Waals surface area contributed by atoms with Gasteiger partial charge in [0.1, 0.15) is 6.10 Å². The van der Waals surface area contributed by atoms with Crippen LogP contribution in [-0.2, 0) is 10.2 Å². The third-order valence-corrected chi connectivity index (χ3v) is 3.25. The molecular formula is C17H26O2. The van der Waals surface area contributed by atoms with Gasteiger partial charge in [-0.2, -0.15) is 0 Å². The molecule has 0 saturated heterocycles. The van der Waals surface area contributed by atoms with E-state index in [0.717, 1.165) is 18.4 Å². The molecule has 0 aliphatic heterocycles. The van der Waals surface area contributed by atoms with Crippen molar-refractivity contribution in [2.75, 3.05) is 6.61 Å². The molecule has 0 radical (unpaired) electrons. The molecule has 1 aromatic carbocycles. The van der Waals surface area contributed by atoms with E-state index in [1.165, 1.54) is 5.56 Å². The van der Waals surface area contributed by atoms with Crippen molar-refractivity contribution in [1.29, 1.82) is 0 Å². The van der Waals surface area contributed by atoms with Gasteiger partial charge in [-0.3, -0.25) is 4.79 Å². The third kappa shape index (κ3) is 4.46. The lowest BCUT2D eigenvalue weighted by Gasteiger charge is -2.20. The van der Waals surface area contributed by atoms with Crippen LogP contribution in [0, 0.1) is 0 Å². The average molecular weight is 262 g/mol. The Bertz CT molecular complexity index is 392. The molecule has 0 aromatic heterocycles. The summed E-state index contributed by atoms with van der Waals surface area (Å²) in [5, 5.41) is 0. The highest BCUT2D eigenvalue weighted by atomic mass is 16.5. The van der Waals surface area contributed by atoms with Crippen LogP contribution in [0.25, 0.3) is 0 Å². The molecule has 2 heteroatoms. The van der Waals surface area contributed by atoms with Gasteiger partial charge in [-0.1, -0.05) is 58.4 Å². The molecule has 0 heterocycles. The molecule has 0 bridgehead atoms. The first-order chi connectivity index (χ1) is 8.90. The van der Waals surface area contributed by atoms with Gasteiger partial charge in [0.25, 0.3) is 0 Å². The molecule has 1 unspecified atom stereocenters. The monoisotopic (exact) mass is 262 g/mol. The van der Waals surface area contributed by atoms with Crippen LogP contribution in [0.4, 0.5) is 0 Å². The number of ketones is 1. The topological polar surface area (TPSA) is 26.3 Å². The molecule has 0 aliphatic rings. The first-order valence-corrected chi connectivity index (χ1v) is 7.16. The molecule has 0 N–H and O–H groups in total. The number of ether oxygens (including phenoxy) is 1. The van der Waals surface area contributed by atoms with Gasteiger partial charge in [0.2, 0.25) is 0 Å². The Kier molecular flexibility index (Phi) is 5.74. The number of rotatable bonds is 6. The summed E-state index contributed by atoms with van der Waals surface area (Å²) < 4.78 is 5.55. The molecule has 0 spiro atoms. The quantitative estimate of drug-likeness (QED) is 0.711. The summed E-state index contributed by atoms with van der Waals surface area (Å²) in [5.74, 6) is 0.101. The average Bonchev–Trinajstić information content (AvgIpc) is 2.37. The van der Waals surface area contributed by atoms with Crippen LogP contribution in [0.5, 0.6) is 0 Å². The first kappa shape index (κ1) is 15.9. The fourth-order valence-electron chi connectivity index (χ4n) is 2.07. The van der Waals surface area contributed by atoms with Crippen molar-refractivity contribution < 1.29 is 9.53 Å². The van der Waals surface area contributed by atoms with E-state index in [4.69, 9.17) is 4.74 Å². The minimum absolute atomic E-state index is 0.101. The second-order valence-corrected chi connectivity index (χ2v) is 5.92. The van der Waals surface area contributed by atoms with E-state index in [2.05, 4.69) is 27.7 Å². The molecule has 1 rings (SSSR count). The van der Waals surface area contributed by atoms with Crippen LogP contribution in [0.2, 0.25) is 0 Å². The summed E-state index contributed by atoms with van der Waals surface area (Å²) in [6.07, 6.45) is 1.44. The SMILES string of the molecule is CCCC(OCC)C(=O)c1ccc(C(C)(C)C)cc1. The number of Topliss-reactive ketones (excluding diaryl/α,β-unsaturated/α-hetero) is 1. The maximum absolute atomic E-state index is 12.4. The first-order valence-electron chi connectivity index (χ1n) is 7.16. The predicted molar refractivity (Wildman–Crippen MR) is 79.8 cm³/mol. The van der Waals surface area contributed by atoms with Crippen molar-refractivity contribution in [3.63, 3.8) is 0 Å². The van der Waals surface area contributed by atoms with Crippen LogP contribution in [0.1, 0.15) is 63.4 Å². The second kappa shape index (κ2) is 6.85. The minimum atomic E-state index is -0.296. The Morgan fingerprint density at radius 1 is 1.16 bits per heavy atom. The van der Waals surface area contributed by atoms with Gasteiger partial charge in [0, 0.05) is 12.2 Å². The highest BCUT2D eigenvalue weighted by Gasteiger charge is 2.20. The number of benzene rings is 1. The molecule has 0 saturated carbocycles. The molecule has 0 aliphatic carbocycles. The van der Waals surface area contributed by atoms with Crippen LogP contribution in [-0.4, -0.2) is 18.5 Å². The van der Waals surface area contributed by atoms with Gasteiger partial charge in [-0.15, -0.1) is 0 Å².